The van der Waals surface area contributed by atoms with Crippen LogP contribution in [0.4, 0.5) is 0 Å². The van der Waals surface area contributed by atoms with E-state index in [1.807, 2.05) is 19.1 Å². The van der Waals surface area contributed by atoms with Crippen LogP contribution in [0.25, 0.3) is 0 Å². The number of nitrogens with one attached hydrogen (secondary N) is 1. The molecule has 7 nitrogen and oxygen atoms in total. The number of morpholine rings is 1. The highest BCUT2D eigenvalue weighted by atomic mass is 16.5. The van der Waals surface area contributed by atoms with E-state index in [0.29, 0.717) is 26.3 Å². The summed E-state index contributed by atoms with van der Waals surface area (Å²) < 4.78 is 16.3. The Morgan fingerprint density at radius 3 is 2.74 bits per heavy atom. The van der Waals surface area contributed by atoms with Crippen LogP contribution in [0, 0.1) is 6.92 Å². The number of hydrogen-bond acceptors (Lipinski definition) is 6. The molecule has 1 aromatic rings. The highest BCUT2D eigenvalue weighted by molar-refractivity contribution is 5.76. The molecule has 0 aromatic carbocycles. The summed E-state index contributed by atoms with van der Waals surface area (Å²) in [6.07, 6.45) is 0.0164. The molecule has 130 valence electrons. The standard InChI is InChI=1S/C16H27N3O4/c1-12-3-4-15(23-12)14(19-5-7-22-8-6-19)11-18-16(20)9-13(10-17)21-2/h3-4,13-14H,5-11,17H2,1-2H3,(H,18,20). The molecular weight excluding hydrogens is 298 g/mol. The van der Waals surface area contributed by atoms with Crippen LogP contribution in [-0.2, 0) is 14.3 Å². The van der Waals surface area contributed by atoms with E-state index in [1.165, 1.54) is 0 Å². The smallest absolute Gasteiger partial charge is 0.222 e. The van der Waals surface area contributed by atoms with E-state index in [-0.39, 0.29) is 24.5 Å². The van der Waals surface area contributed by atoms with Gasteiger partial charge in [-0.15, -0.1) is 0 Å². The number of nitrogens with zero attached hydrogens (tertiary/aromatic N) is 1. The van der Waals surface area contributed by atoms with Gasteiger partial charge in [-0.2, -0.15) is 0 Å². The zero-order chi connectivity index (χ0) is 16.7. The Labute approximate surface area is 137 Å². The van der Waals surface area contributed by atoms with Crippen molar-refractivity contribution in [3.63, 3.8) is 0 Å². The molecular formula is C16H27N3O4. The maximum Gasteiger partial charge on any atom is 0.222 e. The monoisotopic (exact) mass is 325 g/mol. The molecule has 0 aliphatic carbocycles. The number of furan rings is 1. The summed E-state index contributed by atoms with van der Waals surface area (Å²) in [6.45, 7) is 5.78. The Morgan fingerprint density at radius 2 is 2.17 bits per heavy atom. The molecule has 1 aromatic heterocycles. The lowest BCUT2D eigenvalue weighted by Crippen LogP contribution is -2.44. The minimum absolute atomic E-state index is 0.00965. The molecule has 7 heteroatoms. The van der Waals surface area contributed by atoms with Crippen molar-refractivity contribution >= 4 is 5.91 Å². The Bertz CT molecular complexity index is 481. The average Bonchev–Trinajstić information content (AvgIpc) is 3.00. The van der Waals surface area contributed by atoms with Gasteiger partial charge in [-0.3, -0.25) is 9.69 Å². The molecule has 2 atom stereocenters. The number of rotatable bonds is 8. The lowest BCUT2D eigenvalue weighted by molar-refractivity contribution is -0.123. The number of carbonyl (C=O) groups is 1. The fourth-order valence-corrected chi connectivity index (χ4v) is 2.68. The Hall–Kier alpha value is -1.41. The maximum absolute atomic E-state index is 12.1. The van der Waals surface area contributed by atoms with Crippen molar-refractivity contribution < 1.29 is 18.7 Å². The molecule has 2 unspecified atom stereocenters. The molecule has 1 fully saturated rings. The fourth-order valence-electron chi connectivity index (χ4n) is 2.68. The lowest BCUT2D eigenvalue weighted by Gasteiger charge is -2.33. The number of methoxy groups -OCH3 is 1. The van der Waals surface area contributed by atoms with E-state index >= 15 is 0 Å². The van der Waals surface area contributed by atoms with Gasteiger partial charge in [0.15, 0.2) is 0 Å². The highest BCUT2D eigenvalue weighted by Gasteiger charge is 2.26. The second-order valence-electron chi connectivity index (χ2n) is 5.71. The second kappa shape index (κ2) is 9.02. The van der Waals surface area contributed by atoms with Crippen LogP contribution in [0.3, 0.4) is 0 Å². The van der Waals surface area contributed by atoms with Crippen LogP contribution < -0.4 is 11.1 Å². The number of nitrogens with two attached hydrogens (primary N) is 1. The topological polar surface area (TPSA) is 90.0 Å². The Morgan fingerprint density at radius 1 is 1.43 bits per heavy atom. The number of carbonyl (C=O) groups excluding carboxylic acids is 1. The van der Waals surface area contributed by atoms with Crippen molar-refractivity contribution in [2.45, 2.75) is 25.5 Å². The largest absolute Gasteiger partial charge is 0.465 e. The Kier molecular flexibility index (Phi) is 7.04. The zero-order valence-electron chi connectivity index (χ0n) is 13.9. The zero-order valence-corrected chi connectivity index (χ0v) is 13.9. The number of hydrogen-bond donors (Lipinski definition) is 2. The van der Waals surface area contributed by atoms with Crippen LogP contribution in [-0.4, -0.2) is 63.4 Å². The third-order valence-electron chi connectivity index (χ3n) is 4.08. The molecule has 0 bridgehead atoms. The number of amides is 1. The van der Waals surface area contributed by atoms with Gasteiger partial charge in [0, 0.05) is 33.3 Å². The lowest BCUT2D eigenvalue weighted by atomic mass is 10.1. The normalized spacial score (nSPS) is 18.6. The summed E-state index contributed by atoms with van der Waals surface area (Å²) in [7, 11) is 1.56. The number of aryl methyl sites for hydroxylation is 1. The van der Waals surface area contributed by atoms with Crippen LogP contribution >= 0.6 is 0 Å². The van der Waals surface area contributed by atoms with E-state index in [4.69, 9.17) is 19.6 Å². The van der Waals surface area contributed by atoms with Gasteiger partial charge < -0.3 is 24.9 Å². The van der Waals surface area contributed by atoms with Crippen molar-refractivity contribution in [3.8, 4) is 0 Å². The first kappa shape index (κ1) is 17.9. The van der Waals surface area contributed by atoms with E-state index < -0.39 is 0 Å². The first-order valence-corrected chi connectivity index (χ1v) is 8.01. The van der Waals surface area contributed by atoms with E-state index in [2.05, 4.69) is 10.2 Å². The van der Waals surface area contributed by atoms with Crippen molar-refractivity contribution in [2.24, 2.45) is 5.73 Å². The molecule has 2 heterocycles. The SMILES string of the molecule is COC(CN)CC(=O)NCC(c1ccc(C)o1)N1CCOCC1. The molecule has 2 rings (SSSR count). The Balaban J connectivity index is 1.96. The minimum Gasteiger partial charge on any atom is -0.465 e. The molecule has 0 radical (unpaired) electrons. The minimum atomic E-state index is -0.248. The van der Waals surface area contributed by atoms with E-state index in [0.717, 1.165) is 24.6 Å². The van der Waals surface area contributed by atoms with Crippen molar-refractivity contribution in [2.75, 3.05) is 46.5 Å². The molecule has 1 amide bonds. The van der Waals surface area contributed by atoms with Gasteiger partial charge in [-0.25, -0.2) is 0 Å². The molecule has 1 saturated heterocycles. The first-order valence-electron chi connectivity index (χ1n) is 8.01. The molecule has 23 heavy (non-hydrogen) atoms. The summed E-state index contributed by atoms with van der Waals surface area (Å²) in [5, 5.41) is 2.97. The first-order chi connectivity index (χ1) is 11.1. The van der Waals surface area contributed by atoms with Gasteiger partial charge >= 0.3 is 0 Å². The molecule has 0 saturated carbocycles. The molecule has 1 aliphatic heterocycles. The molecule has 1 aliphatic rings. The summed E-state index contributed by atoms with van der Waals surface area (Å²) in [4.78, 5) is 14.4. The number of ether oxygens (including phenoxy) is 2. The quantitative estimate of drug-likeness (QED) is 0.721. The van der Waals surface area contributed by atoms with Crippen molar-refractivity contribution in [1.82, 2.24) is 10.2 Å². The van der Waals surface area contributed by atoms with E-state index in [9.17, 15) is 4.79 Å². The molecule has 0 spiro atoms. The summed E-state index contributed by atoms with van der Waals surface area (Å²) >= 11 is 0. The predicted octanol–water partition coefficient (Wildman–Crippen LogP) is 0.441. The van der Waals surface area contributed by atoms with Crippen LogP contribution in [0.2, 0.25) is 0 Å². The van der Waals surface area contributed by atoms with Crippen LogP contribution in [0.5, 0.6) is 0 Å². The summed E-state index contributed by atoms with van der Waals surface area (Å²) in [6, 6.07) is 3.93. The third kappa shape index (κ3) is 5.31. The van der Waals surface area contributed by atoms with E-state index in [1.54, 1.807) is 7.11 Å². The van der Waals surface area contributed by atoms with Crippen molar-refractivity contribution in [1.29, 1.82) is 0 Å². The highest BCUT2D eigenvalue weighted by Crippen LogP contribution is 2.23. The van der Waals surface area contributed by atoms with Gasteiger partial charge in [0.05, 0.1) is 31.8 Å². The fraction of sp³-hybridized carbons (Fsp3) is 0.688. The molecule has 3 N–H and O–H groups in total. The van der Waals surface area contributed by atoms with Gasteiger partial charge in [0.25, 0.3) is 0 Å². The van der Waals surface area contributed by atoms with Gasteiger partial charge in [0.1, 0.15) is 11.5 Å². The summed E-state index contributed by atoms with van der Waals surface area (Å²) in [5.41, 5.74) is 5.56. The van der Waals surface area contributed by atoms with Crippen molar-refractivity contribution in [3.05, 3.63) is 23.7 Å². The van der Waals surface area contributed by atoms with Gasteiger partial charge in [0.2, 0.25) is 5.91 Å². The van der Waals surface area contributed by atoms with Gasteiger partial charge in [-0.1, -0.05) is 0 Å². The van der Waals surface area contributed by atoms with Crippen LogP contribution in [0.1, 0.15) is 24.0 Å². The predicted molar refractivity (Wildman–Crippen MR) is 86.1 cm³/mol. The van der Waals surface area contributed by atoms with Gasteiger partial charge in [-0.05, 0) is 19.1 Å². The maximum atomic E-state index is 12.1. The summed E-state index contributed by atoms with van der Waals surface area (Å²) in [5.74, 6) is 1.67. The average molecular weight is 325 g/mol. The third-order valence-corrected chi connectivity index (χ3v) is 4.08. The second-order valence-corrected chi connectivity index (χ2v) is 5.71. The van der Waals surface area contributed by atoms with Crippen LogP contribution in [0.15, 0.2) is 16.5 Å².